The average Bonchev–Trinajstić information content (AvgIpc) is 2.79. The SMILES string of the molecule is O=C(c1ccc(C#CC2(O)CCCCC2)cc1)N1CCN(c2ccccc2)CC1. The zero-order valence-corrected chi connectivity index (χ0v) is 16.8. The van der Waals surface area contributed by atoms with Crippen molar-refractivity contribution in [2.24, 2.45) is 0 Å². The Morgan fingerprint density at radius 2 is 1.52 bits per heavy atom. The van der Waals surface area contributed by atoms with Crippen LogP contribution in [0.4, 0.5) is 5.69 Å². The summed E-state index contributed by atoms with van der Waals surface area (Å²) in [6.07, 6.45) is 4.77. The van der Waals surface area contributed by atoms with E-state index in [-0.39, 0.29) is 5.91 Å². The van der Waals surface area contributed by atoms with Crippen LogP contribution in [0.2, 0.25) is 0 Å². The first-order chi connectivity index (χ1) is 14.1. The first-order valence-corrected chi connectivity index (χ1v) is 10.6. The van der Waals surface area contributed by atoms with Crippen molar-refractivity contribution in [3.8, 4) is 11.8 Å². The smallest absolute Gasteiger partial charge is 0.253 e. The van der Waals surface area contributed by atoms with E-state index >= 15 is 0 Å². The van der Waals surface area contributed by atoms with Gasteiger partial charge in [0.15, 0.2) is 0 Å². The summed E-state index contributed by atoms with van der Waals surface area (Å²) in [6, 6.07) is 17.8. The van der Waals surface area contributed by atoms with Gasteiger partial charge in [-0.25, -0.2) is 0 Å². The summed E-state index contributed by atoms with van der Waals surface area (Å²) in [7, 11) is 0. The number of benzene rings is 2. The van der Waals surface area contributed by atoms with E-state index < -0.39 is 5.60 Å². The molecule has 2 aliphatic rings. The summed E-state index contributed by atoms with van der Waals surface area (Å²) < 4.78 is 0. The van der Waals surface area contributed by atoms with Gasteiger partial charge < -0.3 is 14.9 Å². The molecule has 2 aromatic rings. The zero-order chi connectivity index (χ0) is 20.1. The largest absolute Gasteiger partial charge is 0.378 e. The standard InChI is InChI=1S/C25H28N2O2/c28-24(27-19-17-26(18-20-27)23-7-3-1-4-8-23)22-11-9-21(10-12-22)13-16-25(29)14-5-2-6-15-25/h1,3-4,7-12,29H,2,5-6,14-15,17-20H2. The Kier molecular flexibility index (Phi) is 5.87. The molecule has 0 bridgehead atoms. The molecular weight excluding hydrogens is 360 g/mol. The molecule has 29 heavy (non-hydrogen) atoms. The van der Waals surface area contributed by atoms with E-state index in [1.54, 1.807) is 0 Å². The molecule has 2 fully saturated rings. The number of para-hydroxylation sites is 1. The maximum absolute atomic E-state index is 12.8. The molecule has 0 radical (unpaired) electrons. The fourth-order valence-electron chi connectivity index (χ4n) is 4.14. The molecule has 150 valence electrons. The second-order valence-corrected chi connectivity index (χ2v) is 8.03. The van der Waals surface area contributed by atoms with Gasteiger partial charge in [-0.1, -0.05) is 36.5 Å². The fraction of sp³-hybridized carbons (Fsp3) is 0.400. The van der Waals surface area contributed by atoms with Gasteiger partial charge >= 0.3 is 0 Å². The molecule has 4 nitrogen and oxygen atoms in total. The highest BCUT2D eigenvalue weighted by atomic mass is 16.3. The van der Waals surface area contributed by atoms with Crippen molar-refractivity contribution in [3.63, 3.8) is 0 Å². The third-order valence-corrected chi connectivity index (χ3v) is 5.94. The molecule has 1 heterocycles. The lowest BCUT2D eigenvalue weighted by atomic mass is 9.85. The molecule has 1 aliphatic heterocycles. The van der Waals surface area contributed by atoms with Gasteiger partial charge in [0.05, 0.1) is 0 Å². The van der Waals surface area contributed by atoms with Crippen molar-refractivity contribution < 1.29 is 9.90 Å². The molecular formula is C25H28N2O2. The highest BCUT2D eigenvalue weighted by Crippen LogP contribution is 2.27. The number of carbonyl (C=O) groups is 1. The molecule has 0 atom stereocenters. The van der Waals surface area contributed by atoms with Crippen LogP contribution in [-0.4, -0.2) is 47.7 Å². The third-order valence-electron chi connectivity index (χ3n) is 5.94. The maximum atomic E-state index is 12.8. The molecule has 4 heteroatoms. The minimum Gasteiger partial charge on any atom is -0.378 e. The quantitative estimate of drug-likeness (QED) is 0.798. The van der Waals surface area contributed by atoms with Crippen LogP contribution in [0.1, 0.15) is 48.0 Å². The molecule has 1 amide bonds. The predicted octanol–water partition coefficient (Wildman–Crippen LogP) is 3.70. The molecule has 2 aromatic carbocycles. The molecule has 1 N–H and O–H groups in total. The van der Waals surface area contributed by atoms with Crippen LogP contribution in [-0.2, 0) is 0 Å². The highest BCUT2D eigenvalue weighted by Gasteiger charge is 2.26. The normalized spacial score (nSPS) is 18.7. The van der Waals surface area contributed by atoms with Crippen LogP contribution < -0.4 is 4.90 Å². The van der Waals surface area contributed by atoms with Gasteiger partial charge in [0, 0.05) is 43.0 Å². The lowest BCUT2D eigenvalue weighted by molar-refractivity contribution is 0.0610. The molecule has 0 spiro atoms. The number of piperazine rings is 1. The molecule has 4 rings (SSSR count). The predicted molar refractivity (Wildman–Crippen MR) is 116 cm³/mol. The maximum Gasteiger partial charge on any atom is 0.253 e. The summed E-state index contributed by atoms with van der Waals surface area (Å²) in [5.74, 6) is 6.22. The van der Waals surface area contributed by atoms with E-state index in [9.17, 15) is 9.90 Å². The molecule has 1 saturated carbocycles. The van der Waals surface area contributed by atoms with Gasteiger partial charge in [-0.2, -0.15) is 0 Å². The summed E-state index contributed by atoms with van der Waals surface area (Å²) >= 11 is 0. The summed E-state index contributed by atoms with van der Waals surface area (Å²) in [6.45, 7) is 3.14. The van der Waals surface area contributed by atoms with Crippen LogP contribution in [0.5, 0.6) is 0 Å². The van der Waals surface area contributed by atoms with E-state index in [0.29, 0.717) is 5.56 Å². The van der Waals surface area contributed by atoms with Crippen molar-refractivity contribution in [2.75, 3.05) is 31.1 Å². The monoisotopic (exact) mass is 388 g/mol. The lowest BCUT2D eigenvalue weighted by Crippen LogP contribution is -2.48. The van der Waals surface area contributed by atoms with Gasteiger partial charge in [0.2, 0.25) is 0 Å². The molecule has 1 saturated heterocycles. The second-order valence-electron chi connectivity index (χ2n) is 8.03. The van der Waals surface area contributed by atoms with Crippen molar-refractivity contribution in [3.05, 3.63) is 65.7 Å². The van der Waals surface area contributed by atoms with Crippen LogP contribution in [0.25, 0.3) is 0 Å². The van der Waals surface area contributed by atoms with Crippen LogP contribution >= 0.6 is 0 Å². The Balaban J connectivity index is 1.35. The van der Waals surface area contributed by atoms with Crippen molar-refractivity contribution >= 4 is 11.6 Å². The Labute approximate surface area is 173 Å². The van der Waals surface area contributed by atoms with Gasteiger partial charge in [0.1, 0.15) is 5.60 Å². The summed E-state index contributed by atoms with van der Waals surface area (Å²) in [4.78, 5) is 17.1. The van der Waals surface area contributed by atoms with Crippen LogP contribution in [0, 0.1) is 11.8 Å². The fourth-order valence-corrected chi connectivity index (χ4v) is 4.14. The number of rotatable bonds is 2. The summed E-state index contributed by atoms with van der Waals surface area (Å²) in [5, 5.41) is 10.5. The molecule has 0 aromatic heterocycles. The first-order valence-electron chi connectivity index (χ1n) is 10.6. The zero-order valence-electron chi connectivity index (χ0n) is 16.8. The number of nitrogens with zero attached hydrogens (tertiary/aromatic N) is 2. The van der Waals surface area contributed by atoms with Gasteiger partial charge in [0.25, 0.3) is 5.91 Å². The topological polar surface area (TPSA) is 43.8 Å². The van der Waals surface area contributed by atoms with Crippen molar-refractivity contribution in [1.29, 1.82) is 0 Å². The van der Waals surface area contributed by atoms with E-state index in [0.717, 1.165) is 57.4 Å². The minimum absolute atomic E-state index is 0.0723. The van der Waals surface area contributed by atoms with Crippen LogP contribution in [0.3, 0.4) is 0 Å². The second kappa shape index (κ2) is 8.71. The van der Waals surface area contributed by atoms with E-state index in [2.05, 4.69) is 28.9 Å². The van der Waals surface area contributed by atoms with Crippen molar-refractivity contribution in [1.82, 2.24) is 4.90 Å². The van der Waals surface area contributed by atoms with Gasteiger partial charge in [-0.15, -0.1) is 0 Å². The lowest BCUT2D eigenvalue weighted by Gasteiger charge is -2.36. The number of carbonyl (C=O) groups excluding carboxylic acids is 1. The van der Waals surface area contributed by atoms with E-state index in [1.165, 1.54) is 12.1 Å². The Bertz CT molecular complexity index is 882. The number of hydrogen-bond acceptors (Lipinski definition) is 3. The van der Waals surface area contributed by atoms with Crippen LogP contribution in [0.15, 0.2) is 54.6 Å². The average molecular weight is 389 g/mol. The first kappa shape index (κ1) is 19.5. The van der Waals surface area contributed by atoms with Gasteiger partial charge in [-0.05, 0) is 62.1 Å². The molecule has 0 unspecified atom stereocenters. The number of aliphatic hydroxyl groups is 1. The number of anilines is 1. The van der Waals surface area contributed by atoms with Crippen molar-refractivity contribution in [2.45, 2.75) is 37.7 Å². The van der Waals surface area contributed by atoms with E-state index in [4.69, 9.17) is 0 Å². The summed E-state index contributed by atoms with van der Waals surface area (Å²) in [5.41, 5.74) is 1.90. The Hall–Kier alpha value is -2.77. The minimum atomic E-state index is -0.842. The highest BCUT2D eigenvalue weighted by molar-refractivity contribution is 5.94. The Morgan fingerprint density at radius 1 is 0.862 bits per heavy atom. The van der Waals surface area contributed by atoms with Gasteiger partial charge in [-0.3, -0.25) is 4.79 Å². The number of hydrogen-bond donors (Lipinski definition) is 1. The van der Waals surface area contributed by atoms with E-state index in [1.807, 2.05) is 47.4 Å². The Morgan fingerprint density at radius 3 is 2.17 bits per heavy atom. The number of amides is 1. The third kappa shape index (κ3) is 4.81. The molecule has 1 aliphatic carbocycles.